The number of carbonyl (C=O) groups excluding carboxylic acids is 1. The van der Waals surface area contributed by atoms with E-state index in [9.17, 15) is 9.59 Å². The van der Waals surface area contributed by atoms with Crippen molar-refractivity contribution in [3.05, 3.63) is 82.2 Å². The van der Waals surface area contributed by atoms with Gasteiger partial charge in [-0.2, -0.15) is 0 Å². The van der Waals surface area contributed by atoms with E-state index < -0.39 is 0 Å². The lowest BCUT2D eigenvalue weighted by Gasteiger charge is -2.31. The van der Waals surface area contributed by atoms with Crippen molar-refractivity contribution in [2.24, 2.45) is 5.92 Å². The van der Waals surface area contributed by atoms with Gasteiger partial charge in [0.1, 0.15) is 0 Å². The van der Waals surface area contributed by atoms with Crippen LogP contribution in [-0.4, -0.2) is 31.9 Å². The Labute approximate surface area is 190 Å². The zero-order valence-electron chi connectivity index (χ0n) is 18.5. The first-order valence-corrected chi connectivity index (χ1v) is 11.4. The fourth-order valence-corrected chi connectivity index (χ4v) is 4.84. The monoisotopic (exact) mass is 440 g/mol. The largest absolute Gasteiger partial charge is 0.438 e. The number of fused-ring (bicyclic) bond motifs is 2. The summed E-state index contributed by atoms with van der Waals surface area (Å²) in [4.78, 5) is 36.9. The Morgan fingerprint density at radius 3 is 2.88 bits per heavy atom. The van der Waals surface area contributed by atoms with Gasteiger partial charge in [-0.05, 0) is 54.3 Å². The number of benzene rings is 1. The fourth-order valence-electron chi connectivity index (χ4n) is 4.84. The molecule has 4 aromatic rings. The first-order chi connectivity index (χ1) is 16.1. The van der Waals surface area contributed by atoms with Gasteiger partial charge in [-0.1, -0.05) is 18.2 Å². The molecule has 2 aliphatic rings. The Morgan fingerprint density at radius 2 is 2.09 bits per heavy atom. The van der Waals surface area contributed by atoms with E-state index in [1.807, 2.05) is 41.1 Å². The number of hydrogen-bond donors (Lipinski definition) is 0. The molecule has 7 heteroatoms. The van der Waals surface area contributed by atoms with E-state index >= 15 is 0 Å². The summed E-state index contributed by atoms with van der Waals surface area (Å²) in [6.07, 6.45) is 7.87. The van der Waals surface area contributed by atoms with Crippen LogP contribution in [0.15, 0.2) is 58.3 Å². The van der Waals surface area contributed by atoms with Crippen LogP contribution in [0, 0.1) is 12.8 Å². The molecule has 0 unspecified atom stereocenters. The third-order valence-corrected chi connectivity index (χ3v) is 6.81. The van der Waals surface area contributed by atoms with Crippen LogP contribution in [0.25, 0.3) is 21.9 Å². The normalized spacial score (nSPS) is 15.6. The number of nitrogens with zero attached hydrogens (tertiary/aromatic N) is 4. The Balaban J connectivity index is 1.48. The van der Waals surface area contributed by atoms with Crippen LogP contribution in [0.4, 0.5) is 0 Å². The third kappa shape index (κ3) is 3.44. The van der Waals surface area contributed by atoms with E-state index in [0.717, 1.165) is 34.1 Å². The number of carbonyl (C=O) groups is 1. The highest BCUT2D eigenvalue weighted by atomic mass is 16.3. The maximum absolute atomic E-state index is 13.7. The number of oxazole rings is 1. The summed E-state index contributed by atoms with van der Waals surface area (Å²) in [5.74, 6) is 0.690. The van der Waals surface area contributed by atoms with Gasteiger partial charge < -0.3 is 13.9 Å². The molecule has 1 fully saturated rings. The minimum Gasteiger partial charge on any atom is -0.438 e. The lowest BCUT2D eigenvalue weighted by Crippen LogP contribution is -2.39. The first kappa shape index (κ1) is 19.9. The third-order valence-electron chi connectivity index (χ3n) is 6.81. The summed E-state index contributed by atoms with van der Waals surface area (Å²) in [6.45, 7) is 3.51. The summed E-state index contributed by atoms with van der Waals surface area (Å²) in [5, 5.41) is 2.00. The molecule has 0 spiro atoms. The SMILES string of the molecule is Cc1ncoc1C(=O)N1CCc2c(cc(-c3cccc4cnccc34)c(=O)n2CC2CC2)C1. The number of amides is 1. The molecule has 1 saturated carbocycles. The van der Waals surface area contributed by atoms with Crippen LogP contribution < -0.4 is 5.56 Å². The van der Waals surface area contributed by atoms with Gasteiger partial charge in [0.15, 0.2) is 6.39 Å². The Kier molecular flexibility index (Phi) is 4.64. The quantitative estimate of drug-likeness (QED) is 0.480. The molecule has 0 saturated heterocycles. The van der Waals surface area contributed by atoms with Crippen molar-refractivity contribution < 1.29 is 9.21 Å². The van der Waals surface area contributed by atoms with Crippen molar-refractivity contribution in [1.29, 1.82) is 0 Å². The fraction of sp³-hybridized carbons (Fsp3) is 0.308. The topological polar surface area (TPSA) is 81.2 Å². The van der Waals surface area contributed by atoms with Crippen molar-refractivity contribution in [3.8, 4) is 11.1 Å². The number of aryl methyl sites for hydroxylation is 1. The standard InChI is InChI=1S/C26H24N4O3/c1-16-24(33-15-28-16)26(32)29-10-8-23-19(14-29)11-22(25(31)30(23)13-17-5-6-17)21-4-2-3-18-12-27-9-7-20(18)21/h2-4,7,9,11-12,15,17H,5-6,8,10,13-14H2,1H3. The maximum atomic E-state index is 13.7. The minimum atomic E-state index is -0.159. The van der Waals surface area contributed by atoms with E-state index in [-0.39, 0.29) is 17.2 Å². The van der Waals surface area contributed by atoms with Crippen LogP contribution in [0.2, 0.25) is 0 Å². The lowest BCUT2D eigenvalue weighted by molar-refractivity contribution is 0.0698. The number of hydrogen-bond acceptors (Lipinski definition) is 5. The molecule has 1 aliphatic carbocycles. The van der Waals surface area contributed by atoms with Gasteiger partial charge in [0, 0.05) is 55.1 Å². The van der Waals surface area contributed by atoms with Crippen LogP contribution in [0.5, 0.6) is 0 Å². The highest BCUT2D eigenvalue weighted by Gasteiger charge is 2.30. The van der Waals surface area contributed by atoms with Gasteiger partial charge in [-0.25, -0.2) is 4.98 Å². The van der Waals surface area contributed by atoms with Crippen molar-refractivity contribution >= 4 is 16.7 Å². The van der Waals surface area contributed by atoms with E-state index in [0.29, 0.717) is 36.7 Å². The summed E-state index contributed by atoms with van der Waals surface area (Å²) in [5.41, 5.74) is 4.30. The zero-order chi connectivity index (χ0) is 22.5. The number of pyridine rings is 2. The van der Waals surface area contributed by atoms with Crippen molar-refractivity contribution in [1.82, 2.24) is 19.4 Å². The van der Waals surface area contributed by atoms with Gasteiger partial charge in [0.2, 0.25) is 5.76 Å². The van der Waals surface area contributed by atoms with Crippen LogP contribution in [0.3, 0.4) is 0 Å². The van der Waals surface area contributed by atoms with E-state index in [4.69, 9.17) is 4.42 Å². The molecule has 3 aromatic heterocycles. The average Bonchev–Trinajstić information content (AvgIpc) is 3.57. The first-order valence-electron chi connectivity index (χ1n) is 11.4. The van der Waals surface area contributed by atoms with Crippen LogP contribution in [-0.2, 0) is 19.5 Å². The van der Waals surface area contributed by atoms with E-state index in [1.165, 1.54) is 19.2 Å². The van der Waals surface area contributed by atoms with Crippen molar-refractivity contribution in [3.63, 3.8) is 0 Å². The Bertz CT molecular complexity index is 1440. The van der Waals surface area contributed by atoms with Gasteiger partial charge in [-0.3, -0.25) is 14.6 Å². The molecule has 4 heterocycles. The summed E-state index contributed by atoms with van der Waals surface area (Å²) < 4.78 is 7.32. The zero-order valence-corrected chi connectivity index (χ0v) is 18.5. The second-order valence-electron chi connectivity index (χ2n) is 9.04. The highest BCUT2D eigenvalue weighted by Crippen LogP contribution is 2.33. The Hall–Kier alpha value is -3.74. The molecule has 0 atom stereocenters. The molecule has 166 valence electrons. The van der Waals surface area contributed by atoms with Crippen molar-refractivity contribution in [2.75, 3.05) is 6.54 Å². The highest BCUT2D eigenvalue weighted by molar-refractivity contribution is 5.96. The molecule has 6 rings (SSSR count). The molecule has 0 bridgehead atoms. The van der Waals surface area contributed by atoms with Crippen LogP contribution in [0.1, 0.15) is 40.3 Å². The van der Waals surface area contributed by atoms with Gasteiger partial charge >= 0.3 is 0 Å². The molecule has 1 amide bonds. The molecular weight excluding hydrogens is 416 g/mol. The average molecular weight is 441 g/mol. The predicted octanol–water partition coefficient (Wildman–Crippen LogP) is 3.97. The molecule has 1 aromatic carbocycles. The molecule has 0 radical (unpaired) electrons. The van der Waals surface area contributed by atoms with Crippen molar-refractivity contribution in [2.45, 2.75) is 39.3 Å². The molecule has 33 heavy (non-hydrogen) atoms. The Morgan fingerprint density at radius 1 is 1.21 bits per heavy atom. The van der Waals surface area contributed by atoms with E-state index in [1.54, 1.807) is 18.0 Å². The summed E-state index contributed by atoms with van der Waals surface area (Å²) >= 11 is 0. The second-order valence-corrected chi connectivity index (χ2v) is 9.04. The molecule has 1 aliphatic heterocycles. The number of aromatic nitrogens is 3. The van der Waals surface area contributed by atoms with Gasteiger partial charge in [-0.15, -0.1) is 0 Å². The molecule has 7 nitrogen and oxygen atoms in total. The summed E-state index contributed by atoms with van der Waals surface area (Å²) in [7, 11) is 0. The van der Waals surface area contributed by atoms with E-state index in [2.05, 4.69) is 9.97 Å². The predicted molar refractivity (Wildman–Crippen MR) is 124 cm³/mol. The second kappa shape index (κ2) is 7.69. The smallest absolute Gasteiger partial charge is 0.291 e. The summed E-state index contributed by atoms with van der Waals surface area (Å²) in [6, 6.07) is 9.91. The van der Waals surface area contributed by atoms with Crippen LogP contribution >= 0.6 is 0 Å². The van der Waals surface area contributed by atoms with Gasteiger partial charge in [0.05, 0.1) is 5.69 Å². The van der Waals surface area contributed by atoms with Gasteiger partial charge in [0.25, 0.3) is 11.5 Å². The lowest BCUT2D eigenvalue weighted by atomic mass is 9.96. The molecule has 0 N–H and O–H groups in total. The number of rotatable bonds is 4. The molecular formula is C26H24N4O3. The minimum absolute atomic E-state index is 0.0517. The maximum Gasteiger partial charge on any atom is 0.291 e.